The maximum Gasteiger partial charge on any atom is 0.326 e. The van der Waals surface area contributed by atoms with Gasteiger partial charge in [0, 0.05) is 25.1 Å². The van der Waals surface area contributed by atoms with Gasteiger partial charge in [-0.15, -0.1) is 11.8 Å². The Morgan fingerprint density at radius 2 is 1.77 bits per heavy atom. The number of thioether (sulfide) groups is 1. The smallest absolute Gasteiger partial charge is 0.319 e. The number of rotatable bonds is 4. The lowest BCUT2D eigenvalue weighted by molar-refractivity contribution is 0.102. The molecule has 0 unspecified atom stereocenters. The monoisotopic (exact) mass is 395 g/mol. The van der Waals surface area contributed by atoms with Crippen molar-refractivity contribution in [1.29, 1.82) is 0 Å². The molecule has 138 valence electrons. The van der Waals surface area contributed by atoms with Crippen LogP contribution in [0.2, 0.25) is 0 Å². The van der Waals surface area contributed by atoms with Crippen molar-refractivity contribution in [2.75, 3.05) is 33.8 Å². The number of nitrogens with zero attached hydrogens (tertiary/aromatic N) is 2. The second kappa shape index (κ2) is 6.81. The molecule has 0 spiro atoms. The highest BCUT2D eigenvalue weighted by Gasteiger charge is 2.36. The number of carbonyl (C=O) groups excluding carboxylic acids is 1. The van der Waals surface area contributed by atoms with E-state index in [0.29, 0.717) is 11.3 Å². The van der Waals surface area contributed by atoms with Crippen molar-refractivity contribution < 1.29 is 17.6 Å². The zero-order valence-electron chi connectivity index (χ0n) is 14.5. The van der Waals surface area contributed by atoms with Gasteiger partial charge in [0.05, 0.1) is 22.6 Å². The van der Waals surface area contributed by atoms with E-state index in [1.165, 1.54) is 31.9 Å². The molecule has 2 aromatic rings. The van der Waals surface area contributed by atoms with E-state index in [-0.39, 0.29) is 11.4 Å². The molecule has 2 aromatic carbocycles. The molecule has 0 radical (unpaired) electrons. The fraction of sp³-hybridized carbons (Fsp3) is 0.235. The predicted molar refractivity (Wildman–Crippen MR) is 103 cm³/mol. The highest BCUT2D eigenvalue weighted by atomic mass is 32.2. The van der Waals surface area contributed by atoms with Gasteiger partial charge >= 0.3 is 10.2 Å². The third-order valence-electron chi connectivity index (χ3n) is 4.11. The Morgan fingerprint density at radius 3 is 2.42 bits per heavy atom. The first-order valence-corrected chi connectivity index (χ1v) is 10.2. The molecule has 26 heavy (non-hydrogen) atoms. The second-order valence-electron chi connectivity index (χ2n) is 5.65. The Kier molecular flexibility index (Phi) is 4.85. The number of benzene rings is 2. The van der Waals surface area contributed by atoms with Crippen molar-refractivity contribution in [3.05, 3.63) is 47.8 Å². The normalized spacial score (nSPS) is 15.1. The Morgan fingerprint density at radius 1 is 1.15 bits per heavy atom. The van der Waals surface area contributed by atoms with Crippen LogP contribution in [0.1, 0.15) is 17.3 Å². The Balaban J connectivity index is 1.96. The van der Waals surface area contributed by atoms with E-state index in [4.69, 9.17) is 0 Å². The van der Waals surface area contributed by atoms with Crippen LogP contribution in [0.15, 0.2) is 41.3 Å². The van der Waals surface area contributed by atoms with Gasteiger partial charge in [0.15, 0.2) is 0 Å². The number of nitrogens with one attached hydrogen (secondary N) is 1. The molecule has 0 aromatic heterocycles. The molecular weight excluding hydrogens is 377 g/mol. The third kappa shape index (κ3) is 3.01. The van der Waals surface area contributed by atoms with E-state index < -0.39 is 21.9 Å². The first-order valence-electron chi connectivity index (χ1n) is 7.87. The molecule has 1 heterocycles. The summed E-state index contributed by atoms with van der Waals surface area (Å²) in [6.45, 7) is 1.98. The summed E-state index contributed by atoms with van der Waals surface area (Å²) in [6.07, 6.45) is 0. The molecule has 0 fully saturated rings. The van der Waals surface area contributed by atoms with Gasteiger partial charge < -0.3 is 5.32 Å². The number of fused-ring (bicyclic) bond motifs is 1. The van der Waals surface area contributed by atoms with Gasteiger partial charge in [-0.25, -0.2) is 4.39 Å². The third-order valence-corrected chi connectivity index (χ3v) is 6.85. The van der Waals surface area contributed by atoms with Gasteiger partial charge in [-0.1, -0.05) is 19.1 Å². The van der Waals surface area contributed by atoms with Gasteiger partial charge in [0.25, 0.3) is 5.91 Å². The molecule has 0 atom stereocenters. The zero-order chi connectivity index (χ0) is 19.1. The van der Waals surface area contributed by atoms with Crippen LogP contribution in [0, 0.1) is 5.82 Å². The summed E-state index contributed by atoms with van der Waals surface area (Å²) in [5.41, 5.74) is 0.908. The summed E-state index contributed by atoms with van der Waals surface area (Å²) in [6, 6.07) is 9.52. The number of halogens is 1. The molecule has 3 rings (SSSR count). The van der Waals surface area contributed by atoms with Crippen molar-refractivity contribution in [2.24, 2.45) is 0 Å². The summed E-state index contributed by atoms with van der Waals surface area (Å²) < 4.78 is 40.9. The maximum absolute atomic E-state index is 14.5. The Bertz CT molecular complexity index is 979. The van der Waals surface area contributed by atoms with Crippen LogP contribution in [0.3, 0.4) is 0 Å². The topological polar surface area (TPSA) is 69.7 Å². The number of hydrogen-bond acceptors (Lipinski definition) is 4. The predicted octanol–water partition coefficient (Wildman–Crippen LogP) is 3.32. The molecule has 1 aliphatic rings. The van der Waals surface area contributed by atoms with Crippen LogP contribution < -0.4 is 13.9 Å². The standard InChI is InChI=1S/C17H18FN3O3S2/c1-4-25-16-8-6-5-7-11(16)17(22)19-13-10-15-14(9-12(13)18)20(2)26(23,24)21(15)3/h5-10H,4H2,1-3H3,(H,19,22). The van der Waals surface area contributed by atoms with Gasteiger partial charge in [-0.2, -0.15) is 8.42 Å². The van der Waals surface area contributed by atoms with E-state index in [9.17, 15) is 17.6 Å². The van der Waals surface area contributed by atoms with Crippen LogP contribution in [-0.4, -0.2) is 34.2 Å². The highest BCUT2D eigenvalue weighted by molar-refractivity contribution is 7.99. The fourth-order valence-corrected chi connectivity index (χ4v) is 4.67. The molecule has 9 heteroatoms. The van der Waals surface area contributed by atoms with Crippen LogP contribution in [-0.2, 0) is 10.2 Å². The van der Waals surface area contributed by atoms with Gasteiger partial charge in [-0.3, -0.25) is 13.4 Å². The minimum atomic E-state index is -3.71. The van der Waals surface area contributed by atoms with Crippen molar-refractivity contribution in [3.8, 4) is 0 Å². The number of anilines is 3. The fourth-order valence-electron chi connectivity index (χ4n) is 2.71. The molecule has 1 N–H and O–H groups in total. The van der Waals surface area contributed by atoms with Crippen molar-refractivity contribution >= 4 is 44.9 Å². The number of carbonyl (C=O) groups is 1. The quantitative estimate of drug-likeness (QED) is 0.807. The zero-order valence-corrected chi connectivity index (χ0v) is 16.1. The lowest BCUT2D eigenvalue weighted by Crippen LogP contribution is -2.32. The summed E-state index contributed by atoms with van der Waals surface area (Å²) >= 11 is 1.52. The van der Waals surface area contributed by atoms with E-state index >= 15 is 0 Å². The van der Waals surface area contributed by atoms with Gasteiger partial charge in [0.1, 0.15) is 5.82 Å². The van der Waals surface area contributed by atoms with E-state index in [1.54, 1.807) is 12.1 Å². The Labute approximate surface area is 156 Å². The molecule has 0 saturated heterocycles. The van der Waals surface area contributed by atoms with Crippen molar-refractivity contribution in [3.63, 3.8) is 0 Å². The van der Waals surface area contributed by atoms with Gasteiger partial charge in [-0.05, 0) is 24.0 Å². The Hall–Kier alpha value is -2.26. The summed E-state index contributed by atoms with van der Waals surface area (Å²) in [7, 11) is -0.969. The molecular formula is C17H18FN3O3S2. The SMILES string of the molecule is CCSc1ccccc1C(=O)Nc1cc2c(cc1F)N(C)S(=O)(=O)N2C. The van der Waals surface area contributed by atoms with Crippen molar-refractivity contribution in [1.82, 2.24) is 0 Å². The molecule has 1 aliphatic heterocycles. The first-order chi connectivity index (χ1) is 12.3. The van der Waals surface area contributed by atoms with E-state index in [1.807, 2.05) is 19.1 Å². The highest BCUT2D eigenvalue weighted by Crippen LogP contribution is 2.41. The van der Waals surface area contributed by atoms with Crippen molar-refractivity contribution in [2.45, 2.75) is 11.8 Å². The molecule has 0 saturated carbocycles. The number of hydrogen-bond donors (Lipinski definition) is 1. The average Bonchev–Trinajstić information content (AvgIpc) is 2.77. The molecule has 6 nitrogen and oxygen atoms in total. The molecule has 0 bridgehead atoms. The van der Waals surface area contributed by atoms with E-state index in [2.05, 4.69) is 5.32 Å². The van der Waals surface area contributed by atoms with Crippen LogP contribution in [0.25, 0.3) is 0 Å². The second-order valence-corrected chi connectivity index (χ2v) is 8.94. The summed E-state index contributed by atoms with van der Waals surface area (Å²) in [5, 5.41) is 2.55. The minimum Gasteiger partial charge on any atom is -0.319 e. The van der Waals surface area contributed by atoms with Gasteiger partial charge in [0.2, 0.25) is 0 Å². The summed E-state index contributed by atoms with van der Waals surface area (Å²) in [5.74, 6) is -0.348. The number of amides is 1. The first kappa shape index (κ1) is 18.5. The summed E-state index contributed by atoms with van der Waals surface area (Å²) in [4.78, 5) is 13.4. The maximum atomic E-state index is 14.5. The van der Waals surface area contributed by atoms with Crippen LogP contribution in [0.5, 0.6) is 0 Å². The minimum absolute atomic E-state index is 0.0672. The van der Waals surface area contributed by atoms with Crippen LogP contribution >= 0.6 is 11.8 Å². The molecule has 1 amide bonds. The lowest BCUT2D eigenvalue weighted by atomic mass is 10.2. The average molecular weight is 395 g/mol. The van der Waals surface area contributed by atoms with Crippen LogP contribution in [0.4, 0.5) is 21.5 Å². The van der Waals surface area contributed by atoms with E-state index in [0.717, 1.165) is 25.3 Å². The largest absolute Gasteiger partial charge is 0.326 e. The lowest BCUT2D eigenvalue weighted by Gasteiger charge is -2.13. The molecule has 0 aliphatic carbocycles.